The molecule has 6 nitrogen and oxygen atoms in total. The second-order valence-electron chi connectivity index (χ2n) is 9.38. The highest BCUT2D eigenvalue weighted by Gasteiger charge is 2.44. The van der Waals surface area contributed by atoms with E-state index in [1.54, 1.807) is 13.1 Å². The van der Waals surface area contributed by atoms with Crippen LogP contribution in [0.2, 0.25) is 10.0 Å². The molecule has 1 aliphatic heterocycles. The third-order valence-electron chi connectivity index (χ3n) is 7.30. The minimum absolute atomic E-state index is 0.0632. The molecule has 180 valence electrons. The Hall–Kier alpha value is -2.35. The van der Waals surface area contributed by atoms with Crippen LogP contribution in [0.4, 0.5) is 10.2 Å². The number of hydrogen-bond acceptors (Lipinski definition) is 5. The largest absolute Gasteiger partial charge is 0.482 e. The first-order chi connectivity index (χ1) is 16.4. The fourth-order valence-corrected chi connectivity index (χ4v) is 6.21. The summed E-state index contributed by atoms with van der Waals surface area (Å²) in [6, 6.07) is 4.91. The van der Waals surface area contributed by atoms with Gasteiger partial charge in [-0.15, -0.1) is 0 Å². The molecule has 1 saturated heterocycles. The number of nitrogen functional groups attached to an aromatic ring is 1. The summed E-state index contributed by atoms with van der Waals surface area (Å²) in [5.41, 5.74) is 8.54. The third-order valence-corrected chi connectivity index (χ3v) is 8.02. The smallest absolute Gasteiger partial charge is 0.166 e. The molecule has 5 rings (SSSR count). The molecule has 1 aliphatic carbocycles. The van der Waals surface area contributed by atoms with Gasteiger partial charge in [-0.1, -0.05) is 36.0 Å². The molecule has 3 heterocycles. The van der Waals surface area contributed by atoms with E-state index in [9.17, 15) is 4.39 Å². The van der Waals surface area contributed by atoms with Gasteiger partial charge in [-0.25, -0.2) is 9.37 Å². The highest BCUT2D eigenvalue weighted by Crippen LogP contribution is 2.49. The van der Waals surface area contributed by atoms with E-state index in [1.807, 2.05) is 12.3 Å². The van der Waals surface area contributed by atoms with Crippen LogP contribution in [0.25, 0.3) is 11.1 Å². The molecule has 1 spiro atoms. The second kappa shape index (κ2) is 9.36. The summed E-state index contributed by atoms with van der Waals surface area (Å²) in [6.45, 7) is 3.80. The maximum Gasteiger partial charge on any atom is 0.166 e. The fourth-order valence-electron chi connectivity index (χ4n) is 5.53. The lowest BCUT2D eigenvalue weighted by atomic mass is 9.75. The number of hydrogen-bond donors (Lipinski definition) is 2. The van der Waals surface area contributed by atoms with Gasteiger partial charge in [0.25, 0.3) is 0 Å². The van der Waals surface area contributed by atoms with Crippen molar-refractivity contribution in [1.82, 2.24) is 20.1 Å². The first kappa shape index (κ1) is 23.4. The van der Waals surface area contributed by atoms with Gasteiger partial charge < -0.3 is 15.8 Å². The lowest BCUT2D eigenvalue weighted by Gasteiger charge is -2.42. The number of pyridine rings is 1. The number of rotatable bonds is 5. The molecule has 1 aromatic carbocycles. The predicted octanol–water partition coefficient (Wildman–Crippen LogP) is 6.21. The van der Waals surface area contributed by atoms with E-state index < -0.39 is 11.9 Å². The Morgan fingerprint density at radius 3 is 2.82 bits per heavy atom. The van der Waals surface area contributed by atoms with Gasteiger partial charge in [0.1, 0.15) is 11.9 Å². The maximum absolute atomic E-state index is 14.0. The van der Waals surface area contributed by atoms with Crippen molar-refractivity contribution < 1.29 is 9.13 Å². The quantitative estimate of drug-likeness (QED) is 0.404. The summed E-state index contributed by atoms with van der Waals surface area (Å²) in [5.74, 6) is 0.0555. The van der Waals surface area contributed by atoms with Crippen LogP contribution in [-0.4, -0.2) is 27.9 Å². The molecular formula is C25H28Cl2FN5O. The summed E-state index contributed by atoms with van der Waals surface area (Å²) in [7, 11) is 0. The fraction of sp³-hybridized carbons (Fsp3) is 0.440. The Morgan fingerprint density at radius 1 is 1.24 bits per heavy atom. The van der Waals surface area contributed by atoms with E-state index in [0.717, 1.165) is 30.6 Å². The van der Waals surface area contributed by atoms with Gasteiger partial charge in [-0.05, 0) is 50.9 Å². The highest BCUT2D eigenvalue weighted by atomic mass is 35.5. The van der Waals surface area contributed by atoms with Gasteiger partial charge in [0.15, 0.2) is 11.6 Å². The van der Waals surface area contributed by atoms with Gasteiger partial charge in [0.05, 0.1) is 17.3 Å². The SMILES string of the molecule is CC(Oc1cc(-c2cnn(C3CCNCC34CCCC4)c2)cnc1N)c1c(Cl)ccc(F)c1Cl. The Balaban J connectivity index is 1.41. The molecule has 2 aliphatic rings. The maximum atomic E-state index is 14.0. The standard InChI is InChI=1S/C25H28Cl2FN5O/c1-15(22-18(26)4-5-19(28)23(22)27)34-20-10-16(11-31-24(20)29)17-12-32-33(13-17)21-6-9-30-14-25(21)7-2-3-8-25/h4-5,10-13,15,21,30H,2-3,6-9,14H2,1H3,(H2,29,31). The summed E-state index contributed by atoms with van der Waals surface area (Å²) in [6.07, 6.45) is 11.2. The highest BCUT2D eigenvalue weighted by molar-refractivity contribution is 6.36. The van der Waals surface area contributed by atoms with Crippen LogP contribution in [0.15, 0.2) is 36.8 Å². The molecule has 1 saturated carbocycles. The minimum Gasteiger partial charge on any atom is -0.482 e. The molecule has 34 heavy (non-hydrogen) atoms. The zero-order valence-corrected chi connectivity index (χ0v) is 20.5. The molecule has 2 unspecified atom stereocenters. The lowest BCUT2D eigenvalue weighted by molar-refractivity contribution is 0.115. The van der Waals surface area contributed by atoms with Crippen LogP contribution in [-0.2, 0) is 0 Å². The first-order valence-corrected chi connectivity index (χ1v) is 12.4. The van der Waals surface area contributed by atoms with Crippen molar-refractivity contribution in [2.75, 3.05) is 18.8 Å². The van der Waals surface area contributed by atoms with E-state index >= 15 is 0 Å². The zero-order chi connectivity index (χ0) is 23.9. The first-order valence-electron chi connectivity index (χ1n) is 11.7. The Kier molecular flexibility index (Phi) is 6.44. The second-order valence-corrected chi connectivity index (χ2v) is 10.2. The number of anilines is 1. The number of nitrogens with two attached hydrogens (primary N) is 1. The van der Waals surface area contributed by atoms with Gasteiger partial charge >= 0.3 is 0 Å². The van der Waals surface area contributed by atoms with Crippen molar-refractivity contribution in [3.8, 4) is 16.9 Å². The summed E-state index contributed by atoms with van der Waals surface area (Å²) >= 11 is 12.4. The lowest BCUT2D eigenvalue weighted by Crippen LogP contribution is -2.46. The van der Waals surface area contributed by atoms with Crippen molar-refractivity contribution >= 4 is 29.0 Å². The number of ether oxygens (including phenoxy) is 1. The minimum atomic E-state index is -0.630. The van der Waals surface area contributed by atoms with Crippen molar-refractivity contribution in [3.05, 3.63) is 58.2 Å². The molecule has 2 atom stereocenters. The van der Waals surface area contributed by atoms with Gasteiger partial charge in [-0.2, -0.15) is 5.10 Å². The van der Waals surface area contributed by atoms with Gasteiger partial charge in [0, 0.05) is 46.1 Å². The molecule has 0 amide bonds. The van der Waals surface area contributed by atoms with Crippen molar-refractivity contribution in [2.24, 2.45) is 5.41 Å². The van der Waals surface area contributed by atoms with E-state index in [4.69, 9.17) is 38.8 Å². The van der Waals surface area contributed by atoms with E-state index in [1.165, 1.54) is 37.8 Å². The third kappa shape index (κ3) is 4.25. The van der Waals surface area contributed by atoms with E-state index in [-0.39, 0.29) is 16.3 Å². The number of halogens is 3. The Labute approximate surface area is 208 Å². The summed E-state index contributed by atoms with van der Waals surface area (Å²) in [4.78, 5) is 4.32. The van der Waals surface area contributed by atoms with Gasteiger partial charge in [-0.3, -0.25) is 4.68 Å². The van der Waals surface area contributed by atoms with E-state index in [2.05, 4.69) is 21.2 Å². The monoisotopic (exact) mass is 503 g/mol. The molecule has 9 heteroatoms. The number of piperidine rings is 1. The molecule has 2 aromatic heterocycles. The van der Waals surface area contributed by atoms with Crippen LogP contribution in [0.1, 0.15) is 56.7 Å². The van der Waals surface area contributed by atoms with Crippen LogP contribution in [0.5, 0.6) is 5.75 Å². The molecular weight excluding hydrogens is 476 g/mol. The number of nitrogens with one attached hydrogen (secondary N) is 1. The van der Waals surface area contributed by atoms with Crippen molar-refractivity contribution in [2.45, 2.75) is 51.2 Å². The average molecular weight is 504 g/mol. The Bertz CT molecular complexity index is 1190. The summed E-state index contributed by atoms with van der Waals surface area (Å²) in [5, 5.41) is 8.59. The topological polar surface area (TPSA) is 78.0 Å². The van der Waals surface area contributed by atoms with Crippen LogP contribution in [0.3, 0.4) is 0 Å². The average Bonchev–Trinajstić information content (AvgIpc) is 3.49. The molecule has 0 radical (unpaired) electrons. The van der Waals surface area contributed by atoms with Crippen molar-refractivity contribution in [3.63, 3.8) is 0 Å². The number of aromatic nitrogens is 3. The van der Waals surface area contributed by atoms with Crippen LogP contribution < -0.4 is 15.8 Å². The zero-order valence-electron chi connectivity index (χ0n) is 19.0. The molecule has 3 aromatic rings. The molecule has 3 N–H and O–H groups in total. The van der Waals surface area contributed by atoms with Gasteiger partial charge in [0.2, 0.25) is 0 Å². The number of benzene rings is 1. The Morgan fingerprint density at radius 2 is 2.03 bits per heavy atom. The number of nitrogens with zero attached hydrogens (tertiary/aromatic N) is 3. The van der Waals surface area contributed by atoms with Crippen LogP contribution in [0, 0.1) is 11.2 Å². The molecule has 0 bridgehead atoms. The summed E-state index contributed by atoms with van der Waals surface area (Å²) < 4.78 is 22.2. The molecule has 2 fully saturated rings. The van der Waals surface area contributed by atoms with Crippen molar-refractivity contribution in [1.29, 1.82) is 0 Å². The normalized spacial score (nSPS) is 20.5. The van der Waals surface area contributed by atoms with Crippen LogP contribution >= 0.6 is 23.2 Å². The predicted molar refractivity (Wildman–Crippen MR) is 133 cm³/mol. The van der Waals surface area contributed by atoms with E-state index in [0.29, 0.717) is 22.4 Å².